The minimum absolute atomic E-state index is 0.145. The lowest BCUT2D eigenvalue weighted by atomic mass is 10.0. The van der Waals surface area contributed by atoms with Crippen molar-refractivity contribution >= 4 is 5.91 Å². The van der Waals surface area contributed by atoms with E-state index in [0.29, 0.717) is 25.9 Å². The third kappa shape index (κ3) is 5.07. The maximum absolute atomic E-state index is 13.3. The number of carbonyl (C=O) groups is 1. The van der Waals surface area contributed by atoms with Gasteiger partial charge in [-0.3, -0.25) is 4.79 Å². The maximum atomic E-state index is 13.3. The number of rotatable bonds is 8. The second-order valence-electron chi connectivity index (χ2n) is 4.61. The van der Waals surface area contributed by atoms with Crippen molar-refractivity contribution in [3.05, 3.63) is 30.1 Å². The highest BCUT2D eigenvalue weighted by molar-refractivity contribution is 5.81. The van der Waals surface area contributed by atoms with Gasteiger partial charge in [-0.2, -0.15) is 5.26 Å². The van der Waals surface area contributed by atoms with Crippen molar-refractivity contribution in [2.24, 2.45) is 5.92 Å². The third-order valence-electron chi connectivity index (χ3n) is 3.26. The number of ether oxygens (including phenoxy) is 1. The van der Waals surface area contributed by atoms with E-state index >= 15 is 0 Å². The molecule has 1 atom stereocenters. The van der Waals surface area contributed by atoms with Crippen LogP contribution >= 0.6 is 0 Å². The molecule has 0 saturated carbocycles. The summed E-state index contributed by atoms with van der Waals surface area (Å²) in [5.41, 5.74) is 0. The Balaban J connectivity index is 2.41. The monoisotopic (exact) mass is 292 g/mol. The molecule has 5 heteroatoms. The topological polar surface area (TPSA) is 53.3 Å². The Morgan fingerprint density at radius 2 is 2.05 bits per heavy atom. The van der Waals surface area contributed by atoms with Crippen LogP contribution in [0.2, 0.25) is 0 Å². The molecule has 0 saturated heterocycles. The van der Waals surface area contributed by atoms with Gasteiger partial charge in [0.2, 0.25) is 5.91 Å². The summed E-state index contributed by atoms with van der Waals surface area (Å²) in [6.07, 6.45) is 0.944. The average Bonchev–Trinajstić information content (AvgIpc) is 2.50. The predicted molar refractivity (Wildman–Crippen MR) is 78.2 cm³/mol. The minimum atomic E-state index is -0.658. The number of nitrogens with zero attached hydrogens (tertiary/aromatic N) is 2. The Labute approximate surface area is 125 Å². The van der Waals surface area contributed by atoms with E-state index in [4.69, 9.17) is 10.00 Å². The fourth-order valence-corrected chi connectivity index (χ4v) is 2.03. The first-order chi connectivity index (χ1) is 10.1. The summed E-state index contributed by atoms with van der Waals surface area (Å²) in [4.78, 5) is 13.7. The molecule has 0 aliphatic rings. The molecule has 0 spiro atoms. The normalized spacial score (nSPS) is 11.5. The standard InChI is InChI=1S/C16H21FN2O2/c1-3-19(4-2)16(20)13(12-18)8-7-11-21-15-10-6-5-9-14(15)17/h5-6,9-10,13H,3-4,7-8,11H2,1-2H3. The highest BCUT2D eigenvalue weighted by atomic mass is 19.1. The van der Waals surface area contributed by atoms with E-state index in [2.05, 4.69) is 0 Å². The van der Waals surface area contributed by atoms with Crippen LogP contribution in [-0.4, -0.2) is 30.5 Å². The summed E-state index contributed by atoms with van der Waals surface area (Å²) < 4.78 is 18.6. The van der Waals surface area contributed by atoms with Crippen molar-refractivity contribution in [3.63, 3.8) is 0 Å². The Hall–Kier alpha value is -2.09. The molecule has 1 aromatic carbocycles. The number of nitriles is 1. The van der Waals surface area contributed by atoms with Gasteiger partial charge in [-0.25, -0.2) is 4.39 Å². The molecule has 0 radical (unpaired) electrons. The molecular formula is C16H21FN2O2. The van der Waals surface area contributed by atoms with Gasteiger partial charge in [0.1, 0.15) is 5.92 Å². The maximum Gasteiger partial charge on any atom is 0.239 e. The molecule has 1 unspecified atom stereocenters. The van der Waals surface area contributed by atoms with Crippen molar-refractivity contribution in [2.75, 3.05) is 19.7 Å². The van der Waals surface area contributed by atoms with Gasteiger partial charge in [-0.15, -0.1) is 0 Å². The van der Waals surface area contributed by atoms with E-state index in [9.17, 15) is 9.18 Å². The van der Waals surface area contributed by atoms with E-state index in [1.165, 1.54) is 6.07 Å². The van der Waals surface area contributed by atoms with E-state index in [0.717, 1.165) is 0 Å². The highest BCUT2D eigenvalue weighted by Crippen LogP contribution is 2.16. The molecule has 1 aromatic rings. The summed E-state index contributed by atoms with van der Waals surface area (Å²) in [5.74, 6) is -1.02. The smallest absolute Gasteiger partial charge is 0.239 e. The van der Waals surface area contributed by atoms with E-state index < -0.39 is 11.7 Å². The van der Waals surface area contributed by atoms with Crippen LogP contribution in [0.5, 0.6) is 5.75 Å². The second kappa shape index (κ2) is 8.96. The lowest BCUT2D eigenvalue weighted by Gasteiger charge is -2.21. The number of halogens is 1. The van der Waals surface area contributed by atoms with Crippen molar-refractivity contribution in [1.82, 2.24) is 4.90 Å². The van der Waals surface area contributed by atoms with Crippen molar-refractivity contribution in [1.29, 1.82) is 5.26 Å². The number of hydrogen-bond donors (Lipinski definition) is 0. The first-order valence-corrected chi connectivity index (χ1v) is 7.19. The van der Waals surface area contributed by atoms with Gasteiger partial charge in [0.25, 0.3) is 0 Å². The van der Waals surface area contributed by atoms with Crippen LogP contribution < -0.4 is 4.74 Å². The van der Waals surface area contributed by atoms with Crippen LogP contribution in [0.25, 0.3) is 0 Å². The lowest BCUT2D eigenvalue weighted by Crippen LogP contribution is -2.35. The highest BCUT2D eigenvalue weighted by Gasteiger charge is 2.21. The summed E-state index contributed by atoms with van der Waals surface area (Å²) >= 11 is 0. The number of carbonyl (C=O) groups excluding carboxylic acids is 1. The van der Waals surface area contributed by atoms with Gasteiger partial charge in [0.05, 0.1) is 12.7 Å². The van der Waals surface area contributed by atoms with Gasteiger partial charge < -0.3 is 9.64 Å². The molecule has 0 bridgehead atoms. The fourth-order valence-electron chi connectivity index (χ4n) is 2.03. The summed E-state index contributed by atoms with van der Waals surface area (Å²) in [6.45, 7) is 5.25. The molecule has 0 N–H and O–H groups in total. The van der Waals surface area contributed by atoms with Crippen molar-refractivity contribution in [3.8, 4) is 11.8 Å². The summed E-state index contributed by atoms with van der Waals surface area (Å²) in [5, 5.41) is 9.10. The van der Waals surface area contributed by atoms with E-state index in [1.54, 1.807) is 23.1 Å². The average molecular weight is 292 g/mol. The zero-order valence-corrected chi connectivity index (χ0v) is 12.5. The Morgan fingerprint density at radius 3 is 2.62 bits per heavy atom. The Morgan fingerprint density at radius 1 is 1.38 bits per heavy atom. The molecule has 1 rings (SSSR count). The van der Waals surface area contributed by atoms with Gasteiger partial charge in [-0.1, -0.05) is 12.1 Å². The Kier molecular flexibility index (Phi) is 7.24. The van der Waals surface area contributed by atoms with Crippen LogP contribution in [0.3, 0.4) is 0 Å². The van der Waals surface area contributed by atoms with Gasteiger partial charge >= 0.3 is 0 Å². The summed E-state index contributed by atoms with van der Waals surface area (Å²) in [7, 11) is 0. The molecular weight excluding hydrogens is 271 g/mol. The fraction of sp³-hybridized carbons (Fsp3) is 0.500. The second-order valence-corrected chi connectivity index (χ2v) is 4.61. The third-order valence-corrected chi connectivity index (χ3v) is 3.26. The Bertz CT molecular complexity index is 495. The number of hydrogen-bond acceptors (Lipinski definition) is 3. The molecule has 0 fully saturated rings. The quantitative estimate of drug-likeness (QED) is 0.692. The van der Waals surface area contributed by atoms with Gasteiger partial charge in [0.15, 0.2) is 11.6 Å². The van der Waals surface area contributed by atoms with Crippen molar-refractivity contribution < 1.29 is 13.9 Å². The summed E-state index contributed by atoms with van der Waals surface area (Å²) in [6, 6.07) is 8.21. The molecule has 0 heterocycles. The van der Waals surface area contributed by atoms with Crippen molar-refractivity contribution in [2.45, 2.75) is 26.7 Å². The zero-order valence-electron chi connectivity index (χ0n) is 12.5. The molecule has 0 aromatic heterocycles. The van der Waals surface area contributed by atoms with Crippen LogP contribution in [0.15, 0.2) is 24.3 Å². The largest absolute Gasteiger partial charge is 0.491 e. The first-order valence-electron chi connectivity index (χ1n) is 7.19. The number of benzene rings is 1. The molecule has 1 amide bonds. The van der Waals surface area contributed by atoms with Gasteiger partial charge in [-0.05, 0) is 38.8 Å². The van der Waals surface area contributed by atoms with Crippen LogP contribution in [0, 0.1) is 23.1 Å². The molecule has 114 valence electrons. The predicted octanol–water partition coefficient (Wildman–Crippen LogP) is 2.99. The lowest BCUT2D eigenvalue weighted by molar-refractivity contribution is -0.133. The number of para-hydroxylation sites is 1. The SMILES string of the molecule is CCN(CC)C(=O)C(C#N)CCCOc1ccccc1F. The van der Waals surface area contributed by atoms with Crippen LogP contribution in [0.4, 0.5) is 4.39 Å². The van der Waals surface area contributed by atoms with Crippen LogP contribution in [-0.2, 0) is 4.79 Å². The minimum Gasteiger partial charge on any atom is -0.491 e. The van der Waals surface area contributed by atoms with Crippen LogP contribution in [0.1, 0.15) is 26.7 Å². The zero-order chi connectivity index (χ0) is 15.7. The molecule has 4 nitrogen and oxygen atoms in total. The first kappa shape index (κ1) is 17.0. The van der Waals surface area contributed by atoms with Gasteiger partial charge in [0, 0.05) is 13.1 Å². The van der Waals surface area contributed by atoms with E-state index in [1.807, 2.05) is 19.9 Å². The molecule has 0 aliphatic heterocycles. The van der Waals surface area contributed by atoms with E-state index in [-0.39, 0.29) is 18.3 Å². The number of amides is 1. The molecule has 21 heavy (non-hydrogen) atoms. The molecule has 0 aliphatic carbocycles.